The first-order valence-corrected chi connectivity index (χ1v) is 9.44. The van der Waals surface area contributed by atoms with Gasteiger partial charge in [-0.2, -0.15) is 0 Å². The average Bonchev–Trinajstić information content (AvgIpc) is 2.68. The number of fused-ring (bicyclic) bond motifs is 1. The van der Waals surface area contributed by atoms with Crippen LogP contribution in [0.2, 0.25) is 5.02 Å². The number of hydrogen-bond donors (Lipinski definition) is 0. The van der Waals surface area contributed by atoms with Gasteiger partial charge in [0.15, 0.2) is 0 Å². The van der Waals surface area contributed by atoms with E-state index < -0.39 is 0 Å². The minimum absolute atomic E-state index is 0.103. The van der Waals surface area contributed by atoms with Crippen molar-refractivity contribution in [1.82, 2.24) is 9.88 Å². The van der Waals surface area contributed by atoms with Crippen LogP contribution in [0.25, 0.3) is 22.2 Å². The summed E-state index contributed by atoms with van der Waals surface area (Å²) in [4.78, 5) is 20.0. The Morgan fingerprint density at radius 2 is 1.77 bits per heavy atom. The fourth-order valence-corrected chi connectivity index (χ4v) is 3.63. The van der Waals surface area contributed by atoms with Crippen molar-refractivity contribution in [3.05, 3.63) is 65.2 Å². The molecular weight excluding hydrogens is 344 g/mol. The van der Waals surface area contributed by atoms with Gasteiger partial charge in [-0.15, -0.1) is 0 Å². The monoisotopic (exact) mass is 364 g/mol. The van der Waals surface area contributed by atoms with E-state index in [2.05, 4.69) is 6.92 Å². The van der Waals surface area contributed by atoms with Crippen LogP contribution in [-0.2, 0) is 0 Å². The zero-order valence-corrected chi connectivity index (χ0v) is 15.5. The van der Waals surface area contributed by atoms with Gasteiger partial charge in [-0.25, -0.2) is 4.98 Å². The molecule has 0 bridgehead atoms. The Labute approximate surface area is 158 Å². The number of amides is 1. The lowest BCUT2D eigenvalue weighted by atomic mass is 9.97. The van der Waals surface area contributed by atoms with Crippen LogP contribution in [0.4, 0.5) is 0 Å². The number of piperidine rings is 1. The highest BCUT2D eigenvalue weighted by Gasteiger charge is 2.23. The molecule has 1 saturated heterocycles. The fourth-order valence-electron chi connectivity index (χ4n) is 3.50. The van der Waals surface area contributed by atoms with Gasteiger partial charge in [0.2, 0.25) is 0 Å². The molecule has 4 rings (SSSR count). The zero-order valence-electron chi connectivity index (χ0n) is 14.8. The minimum Gasteiger partial charge on any atom is -0.339 e. The van der Waals surface area contributed by atoms with Gasteiger partial charge >= 0.3 is 0 Å². The standard InChI is InChI=1S/C22H21ClN2O/c1-15-10-12-25(13-11-15)22(26)19-14-21(16-6-8-17(23)9-7-16)24-20-5-3-2-4-18(19)20/h2-9,14-15H,10-13H2,1H3. The van der Waals surface area contributed by atoms with E-state index in [1.807, 2.05) is 59.5 Å². The van der Waals surface area contributed by atoms with E-state index in [4.69, 9.17) is 16.6 Å². The quantitative estimate of drug-likeness (QED) is 0.607. The number of nitrogens with zero attached hydrogens (tertiary/aromatic N) is 2. The van der Waals surface area contributed by atoms with Crippen LogP contribution in [0.15, 0.2) is 54.6 Å². The Balaban J connectivity index is 1.79. The second-order valence-electron chi connectivity index (χ2n) is 7.05. The molecule has 4 heteroatoms. The number of halogens is 1. The Morgan fingerprint density at radius 3 is 2.50 bits per heavy atom. The summed E-state index contributed by atoms with van der Waals surface area (Å²) in [6.07, 6.45) is 2.14. The number of rotatable bonds is 2. The van der Waals surface area contributed by atoms with Gasteiger partial charge in [-0.1, -0.05) is 48.9 Å². The summed E-state index contributed by atoms with van der Waals surface area (Å²) in [5, 5.41) is 1.60. The van der Waals surface area contributed by atoms with Crippen LogP contribution < -0.4 is 0 Å². The number of aromatic nitrogens is 1. The highest BCUT2D eigenvalue weighted by Crippen LogP contribution is 2.28. The van der Waals surface area contributed by atoms with E-state index >= 15 is 0 Å². The van der Waals surface area contributed by atoms with Gasteiger partial charge in [0.05, 0.1) is 16.8 Å². The molecule has 3 aromatic rings. The summed E-state index contributed by atoms with van der Waals surface area (Å²) in [7, 11) is 0. The molecule has 2 heterocycles. The van der Waals surface area contributed by atoms with Crippen molar-refractivity contribution < 1.29 is 4.79 Å². The summed E-state index contributed by atoms with van der Waals surface area (Å²) in [6, 6.07) is 17.4. The maximum Gasteiger partial charge on any atom is 0.254 e. The number of para-hydroxylation sites is 1. The molecule has 0 aliphatic carbocycles. The predicted octanol–water partition coefficient (Wildman–Crippen LogP) is 5.43. The van der Waals surface area contributed by atoms with Crippen LogP contribution in [0.5, 0.6) is 0 Å². The first-order chi connectivity index (χ1) is 12.6. The van der Waals surface area contributed by atoms with Gasteiger partial charge in [-0.05, 0) is 43.0 Å². The number of pyridine rings is 1. The van der Waals surface area contributed by atoms with E-state index in [0.717, 1.165) is 53.7 Å². The molecule has 1 aliphatic heterocycles. The molecule has 132 valence electrons. The lowest BCUT2D eigenvalue weighted by molar-refractivity contribution is 0.0699. The zero-order chi connectivity index (χ0) is 18.1. The largest absolute Gasteiger partial charge is 0.339 e. The van der Waals surface area contributed by atoms with Crippen LogP contribution in [-0.4, -0.2) is 28.9 Å². The molecule has 0 unspecified atom stereocenters. The minimum atomic E-state index is 0.103. The van der Waals surface area contributed by atoms with Gasteiger partial charge in [0, 0.05) is 29.1 Å². The predicted molar refractivity (Wildman–Crippen MR) is 106 cm³/mol. The molecule has 0 atom stereocenters. The lowest BCUT2D eigenvalue weighted by Crippen LogP contribution is -2.38. The number of carbonyl (C=O) groups excluding carboxylic acids is 1. The fraction of sp³-hybridized carbons (Fsp3) is 0.273. The normalized spacial score (nSPS) is 15.4. The number of carbonyl (C=O) groups is 1. The van der Waals surface area contributed by atoms with E-state index in [9.17, 15) is 4.79 Å². The molecule has 1 aliphatic rings. The average molecular weight is 365 g/mol. The molecule has 0 N–H and O–H groups in total. The molecular formula is C22H21ClN2O. The lowest BCUT2D eigenvalue weighted by Gasteiger charge is -2.30. The molecule has 1 fully saturated rings. The third kappa shape index (κ3) is 3.32. The molecule has 1 amide bonds. The van der Waals surface area contributed by atoms with Crippen LogP contribution in [0.3, 0.4) is 0 Å². The molecule has 1 aromatic heterocycles. The van der Waals surface area contributed by atoms with Crippen LogP contribution in [0.1, 0.15) is 30.1 Å². The highest BCUT2D eigenvalue weighted by molar-refractivity contribution is 6.30. The first-order valence-electron chi connectivity index (χ1n) is 9.07. The smallest absolute Gasteiger partial charge is 0.254 e. The molecule has 26 heavy (non-hydrogen) atoms. The molecule has 2 aromatic carbocycles. The molecule has 0 radical (unpaired) electrons. The van der Waals surface area contributed by atoms with Crippen molar-refractivity contribution in [2.24, 2.45) is 5.92 Å². The molecule has 0 spiro atoms. The topological polar surface area (TPSA) is 33.2 Å². The van der Waals surface area contributed by atoms with E-state index in [1.54, 1.807) is 0 Å². The second kappa shape index (κ2) is 7.08. The maximum absolute atomic E-state index is 13.2. The van der Waals surface area contributed by atoms with Crippen molar-refractivity contribution in [2.45, 2.75) is 19.8 Å². The maximum atomic E-state index is 13.2. The Bertz CT molecular complexity index is 944. The number of hydrogen-bond acceptors (Lipinski definition) is 2. The SMILES string of the molecule is CC1CCN(C(=O)c2cc(-c3ccc(Cl)cc3)nc3ccccc23)CC1. The first kappa shape index (κ1) is 17.0. The summed E-state index contributed by atoms with van der Waals surface area (Å²) in [5.41, 5.74) is 3.33. The van der Waals surface area contributed by atoms with Crippen molar-refractivity contribution in [2.75, 3.05) is 13.1 Å². The Kier molecular flexibility index (Phi) is 4.64. The number of likely N-dealkylation sites (tertiary alicyclic amines) is 1. The summed E-state index contributed by atoms with van der Waals surface area (Å²) >= 11 is 6.01. The van der Waals surface area contributed by atoms with Crippen molar-refractivity contribution >= 4 is 28.4 Å². The van der Waals surface area contributed by atoms with Crippen molar-refractivity contribution in [1.29, 1.82) is 0 Å². The van der Waals surface area contributed by atoms with Crippen molar-refractivity contribution in [3.8, 4) is 11.3 Å². The van der Waals surface area contributed by atoms with E-state index in [-0.39, 0.29) is 5.91 Å². The Hall–Kier alpha value is -2.39. The summed E-state index contributed by atoms with van der Waals surface area (Å²) < 4.78 is 0. The van der Waals surface area contributed by atoms with Gasteiger partial charge in [0.1, 0.15) is 0 Å². The van der Waals surface area contributed by atoms with Gasteiger partial charge in [-0.3, -0.25) is 4.79 Å². The van der Waals surface area contributed by atoms with Gasteiger partial charge < -0.3 is 4.90 Å². The van der Waals surface area contributed by atoms with Crippen molar-refractivity contribution in [3.63, 3.8) is 0 Å². The molecule has 0 saturated carbocycles. The summed E-state index contributed by atoms with van der Waals surface area (Å²) in [6.45, 7) is 3.90. The highest BCUT2D eigenvalue weighted by atomic mass is 35.5. The van der Waals surface area contributed by atoms with Crippen LogP contribution in [0, 0.1) is 5.92 Å². The second-order valence-corrected chi connectivity index (χ2v) is 7.49. The Morgan fingerprint density at radius 1 is 1.08 bits per heavy atom. The third-order valence-electron chi connectivity index (χ3n) is 5.16. The number of benzene rings is 2. The van der Waals surface area contributed by atoms with Crippen LogP contribution >= 0.6 is 11.6 Å². The van der Waals surface area contributed by atoms with E-state index in [1.165, 1.54) is 0 Å². The summed E-state index contributed by atoms with van der Waals surface area (Å²) in [5.74, 6) is 0.795. The van der Waals surface area contributed by atoms with Gasteiger partial charge in [0.25, 0.3) is 5.91 Å². The molecule has 3 nitrogen and oxygen atoms in total. The van der Waals surface area contributed by atoms with E-state index in [0.29, 0.717) is 10.9 Å². The third-order valence-corrected chi connectivity index (χ3v) is 5.41.